The molecular formula is C31H46FN3O3. The number of amides is 2. The summed E-state index contributed by atoms with van der Waals surface area (Å²) < 4.78 is 19.1. The predicted octanol–water partition coefficient (Wildman–Crippen LogP) is 5.67. The van der Waals surface area contributed by atoms with Crippen molar-refractivity contribution in [3.63, 3.8) is 0 Å². The van der Waals surface area contributed by atoms with Crippen molar-refractivity contribution in [1.29, 1.82) is 0 Å². The first-order chi connectivity index (χ1) is 18.1. The lowest BCUT2D eigenvalue weighted by Gasteiger charge is -2.51. The molecule has 38 heavy (non-hydrogen) atoms. The lowest BCUT2D eigenvalue weighted by Crippen LogP contribution is -2.55. The number of carbonyl (C=O) groups is 2. The highest BCUT2D eigenvalue weighted by Crippen LogP contribution is 2.48. The standard InChI is InChI=1S/C31H46FN3O3/c1-22(2)34-18-26(23-10-12-25(32)13-11-23)27(19-34)28(36)33-16-14-31(15-17-33,24-8-6-5-7-9-24)20-35-29(37)38-21-30(35,3)4/h10-13,22,24,26-27H,5-9,14-21H2,1-4H3/t26-,27+/m0/s1. The van der Waals surface area contributed by atoms with Gasteiger partial charge in [0.1, 0.15) is 12.4 Å². The van der Waals surface area contributed by atoms with Crippen LogP contribution in [0.1, 0.15) is 84.1 Å². The van der Waals surface area contributed by atoms with E-state index in [0.717, 1.165) is 51.1 Å². The van der Waals surface area contributed by atoms with E-state index in [-0.39, 0.29) is 40.6 Å². The largest absolute Gasteiger partial charge is 0.447 e. The number of piperidine rings is 1. The highest BCUT2D eigenvalue weighted by molar-refractivity contribution is 5.81. The number of rotatable bonds is 6. The molecule has 6 nitrogen and oxygen atoms in total. The third-order valence-electron chi connectivity index (χ3n) is 10.2. The molecule has 5 rings (SSSR count). The van der Waals surface area contributed by atoms with Crippen LogP contribution in [0.3, 0.4) is 0 Å². The van der Waals surface area contributed by atoms with Crippen molar-refractivity contribution in [3.05, 3.63) is 35.6 Å². The van der Waals surface area contributed by atoms with Crippen LogP contribution in [0.4, 0.5) is 9.18 Å². The van der Waals surface area contributed by atoms with E-state index in [4.69, 9.17) is 4.74 Å². The van der Waals surface area contributed by atoms with E-state index in [1.807, 2.05) is 17.0 Å². The van der Waals surface area contributed by atoms with E-state index >= 15 is 0 Å². The van der Waals surface area contributed by atoms with E-state index in [1.54, 1.807) is 0 Å². The van der Waals surface area contributed by atoms with Crippen LogP contribution in [0.25, 0.3) is 0 Å². The van der Waals surface area contributed by atoms with Crippen LogP contribution >= 0.6 is 0 Å². The summed E-state index contributed by atoms with van der Waals surface area (Å²) in [4.78, 5) is 33.2. The fourth-order valence-electron chi connectivity index (χ4n) is 7.61. The summed E-state index contributed by atoms with van der Waals surface area (Å²) in [7, 11) is 0. The molecule has 1 aromatic carbocycles. The number of ether oxygens (including phenoxy) is 1. The summed E-state index contributed by atoms with van der Waals surface area (Å²) in [6.45, 7) is 12.8. The second kappa shape index (κ2) is 10.8. The van der Waals surface area contributed by atoms with Gasteiger partial charge in [-0.2, -0.15) is 0 Å². The molecule has 4 aliphatic rings. The molecule has 1 saturated carbocycles. The minimum absolute atomic E-state index is 0.0355. The molecule has 1 aliphatic carbocycles. The summed E-state index contributed by atoms with van der Waals surface area (Å²) in [5, 5.41) is 0. The molecule has 1 aromatic rings. The van der Waals surface area contributed by atoms with Crippen LogP contribution in [0.2, 0.25) is 0 Å². The Balaban J connectivity index is 1.33. The highest BCUT2D eigenvalue weighted by Gasteiger charge is 2.50. The number of benzene rings is 1. The first-order valence-corrected chi connectivity index (χ1v) is 14.8. The van der Waals surface area contributed by atoms with Gasteiger partial charge in [0.15, 0.2) is 0 Å². The quantitative estimate of drug-likeness (QED) is 0.478. The molecule has 2 atom stereocenters. The first-order valence-electron chi connectivity index (χ1n) is 14.8. The van der Waals surface area contributed by atoms with Crippen molar-refractivity contribution < 1.29 is 18.7 Å². The van der Waals surface area contributed by atoms with Crippen molar-refractivity contribution in [1.82, 2.24) is 14.7 Å². The first kappa shape index (κ1) is 27.4. The van der Waals surface area contributed by atoms with Crippen LogP contribution in [0.15, 0.2) is 24.3 Å². The summed E-state index contributed by atoms with van der Waals surface area (Å²) in [6, 6.07) is 7.09. The molecule has 3 heterocycles. The molecule has 0 radical (unpaired) electrons. The normalized spacial score (nSPS) is 28.2. The summed E-state index contributed by atoms with van der Waals surface area (Å²) >= 11 is 0. The third kappa shape index (κ3) is 5.32. The van der Waals surface area contributed by atoms with Gasteiger partial charge in [-0.25, -0.2) is 9.18 Å². The molecule has 0 unspecified atom stereocenters. The lowest BCUT2D eigenvalue weighted by molar-refractivity contribution is -0.139. The van der Waals surface area contributed by atoms with E-state index in [0.29, 0.717) is 18.6 Å². The van der Waals surface area contributed by atoms with Gasteiger partial charge >= 0.3 is 6.09 Å². The van der Waals surface area contributed by atoms with Gasteiger partial charge in [-0.1, -0.05) is 31.4 Å². The minimum atomic E-state index is -0.293. The van der Waals surface area contributed by atoms with Crippen LogP contribution < -0.4 is 0 Å². The minimum Gasteiger partial charge on any atom is -0.447 e. The van der Waals surface area contributed by atoms with Crippen LogP contribution in [-0.4, -0.2) is 77.6 Å². The van der Waals surface area contributed by atoms with Crippen LogP contribution in [0.5, 0.6) is 0 Å². The Morgan fingerprint density at radius 1 is 1.05 bits per heavy atom. The highest BCUT2D eigenvalue weighted by atomic mass is 19.1. The summed E-state index contributed by atoms with van der Waals surface area (Å²) in [5.41, 5.74) is 0.794. The average molecular weight is 528 g/mol. The maximum Gasteiger partial charge on any atom is 0.410 e. The maximum atomic E-state index is 14.0. The van der Waals surface area contributed by atoms with Gasteiger partial charge in [-0.15, -0.1) is 0 Å². The molecule has 7 heteroatoms. The fraction of sp³-hybridized carbons (Fsp3) is 0.742. The second-order valence-corrected chi connectivity index (χ2v) is 13.3. The van der Waals surface area contributed by atoms with E-state index < -0.39 is 0 Å². The molecular weight excluding hydrogens is 481 g/mol. The lowest BCUT2D eigenvalue weighted by atomic mass is 9.63. The smallest absolute Gasteiger partial charge is 0.410 e. The molecule has 0 N–H and O–H groups in total. The third-order valence-corrected chi connectivity index (χ3v) is 10.2. The number of likely N-dealkylation sites (tertiary alicyclic amines) is 2. The van der Waals surface area contributed by atoms with Gasteiger partial charge in [0.05, 0.1) is 11.5 Å². The van der Waals surface area contributed by atoms with E-state index in [9.17, 15) is 14.0 Å². The maximum absolute atomic E-state index is 14.0. The number of nitrogens with zero attached hydrogens (tertiary/aromatic N) is 3. The van der Waals surface area contributed by atoms with Crippen molar-refractivity contribution in [3.8, 4) is 0 Å². The fourth-order valence-corrected chi connectivity index (χ4v) is 7.61. The molecule has 0 bridgehead atoms. The van der Waals surface area contributed by atoms with Gasteiger partial charge in [-0.05, 0) is 82.4 Å². The Bertz CT molecular complexity index is 996. The number of halogens is 1. The molecule has 2 amide bonds. The second-order valence-electron chi connectivity index (χ2n) is 13.3. The Labute approximate surface area is 227 Å². The monoisotopic (exact) mass is 527 g/mol. The number of hydrogen-bond donors (Lipinski definition) is 0. The SMILES string of the molecule is CC(C)N1C[C@@H](C(=O)N2CCC(CN3C(=O)OCC3(C)C)(C3CCCCC3)CC2)[C@H](c2ccc(F)cc2)C1. The average Bonchev–Trinajstić information content (AvgIpc) is 3.47. The van der Waals surface area contributed by atoms with Crippen molar-refractivity contribution in [2.24, 2.45) is 17.3 Å². The van der Waals surface area contributed by atoms with Gasteiger partial charge < -0.3 is 9.64 Å². The van der Waals surface area contributed by atoms with Gasteiger partial charge in [-0.3, -0.25) is 14.6 Å². The van der Waals surface area contributed by atoms with Gasteiger partial charge in [0, 0.05) is 44.7 Å². The number of cyclic esters (lactones) is 1. The van der Waals surface area contributed by atoms with Crippen molar-refractivity contribution in [2.75, 3.05) is 39.3 Å². The molecule has 210 valence electrons. The van der Waals surface area contributed by atoms with E-state index in [2.05, 4.69) is 37.5 Å². The van der Waals surface area contributed by atoms with E-state index in [1.165, 1.54) is 44.2 Å². The number of carbonyl (C=O) groups excluding carboxylic acids is 2. The molecule has 3 saturated heterocycles. The van der Waals surface area contributed by atoms with Crippen molar-refractivity contribution in [2.45, 2.75) is 90.1 Å². The van der Waals surface area contributed by atoms with Gasteiger partial charge in [0.25, 0.3) is 0 Å². The Morgan fingerprint density at radius 3 is 2.29 bits per heavy atom. The van der Waals surface area contributed by atoms with Crippen LogP contribution in [-0.2, 0) is 9.53 Å². The topological polar surface area (TPSA) is 53.1 Å². The zero-order valence-corrected chi connectivity index (χ0v) is 23.8. The molecule has 0 aromatic heterocycles. The molecule has 0 spiro atoms. The zero-order valence-electron chi connectivity index (χ0n) is 23.8. The molecule has 3 aliphatic heterocycles. The Kier molecular flexibility index (Phi) is 7.78. The number of hydrogen-bond acceptors (Lipinski definition) is 4. The van der Waals surface area contributed by atoms with Crippen LogP contribution in [0, 0.1) is 23.1 Å². The molecule has 4 fully saturated rings. The van der Waals surface area contributed by atoms with Gasteiger partial charge in [0.2, 0.25) is 5.91 Å². The summed E-state index contributed by atoms with van der Waals surface area (Å²) in [5.74, 6) is 0.553. The Hall–Kier alpha value is -2.15. The predicted molar refractivity (Wildman–Crippen MR) is 146 cm³/mol. The van der Waals surface area contributed by atoms with Crippen molar-refractivity contribution >= 4 is 12.0 Å². The Morgan fingerprint density at radius 2 is 1.71 bits per heavy atom. The zero-order chi connectivity index (χ0) is 27.1. The summed E-state index contributed by atoms with van der Waals surface area (Å²) in [6.07, 6.45) is 7.94.